The van der Waals surface area contributed by atoms with Gasteiger partial charge in [0.25, 0.3) is 0 Å². The van der Waals surface area contributed by atoms with E-state index in [0.717, 1.165) is 24.8 Å². The zero-order valence-corrected chi connectivity index (χ0v) is 31.9. The van der Waals surface area contributed by atoms with Gasteiger partial charge in [0.05, 0.1) is 49.8 Å². The Bertz CT molecular complexity index is 1270. The van der Waals surface area contributed by atoms with E-state index in [2.05, 4.69) is 20.4 Å². The van der Waals surface area contributed by atoms with Crippen LogP contribution in [0.2, 0.25) is 0 Å². The molecule has 6 rings (SSSR count). The summed E-state index contributed by atoms with van der Waals surface area (Å²) in [6, 6.07) is 0. The van der Waals surface area contributed by atoms with E-state index in [1.807, 2.05) is 13.8 Å². The summed E-state index contributed by atoms with van der Waals surface area (Å²) < 4.78 is 28.6. The summed E-state index contributed by atoms with van der Waals surface area (Å²) in [6.45, 7) is 12.6. The molecule has 2 unspecified atom stereocenters. The highest BCUT2D eigenvalue weighted by molar-refractivity contribution is 5.21. The Balaban J connectivity index is 1.05. The second-order valence-electron chi connectivity index (χ2n) is 18.1. The van der Waals surface area contributed by atoms with E-state index in [-0.39, 0.29) is 55.3 Å². The molecule has 0 radical (unpaired) electrons. The van der Waals surface area contributed by atoms with Gasteiger partial charge in [-0.2, -0.15) is 0 Å². The number of methoxy groups -OCH3 is 1. The van der Waals surface area contributed by atoms with Crippen LogP contribution in [0.5, 0.6) is 0 Å². The molecule has 9 N–H and O–H groups in total. The molecule has 2 heterocycles. The number of aliphatic hydroxyl groups is 9. The van der Waals surface area contributed by atoms with Crippen molar-refractivity contribution in [1.29, 1.82) is 0 Å². The molecule has 4 aliphatic carbocycles. The highest BCUT2D eigenvalue weighted by atomic mass is 16.8. The van der Waals surface area contributed by atoms with Crippen LogP contribution in [0.25, 0.3) is 0 Å². The molecule has 53 heavy (non-hydrogen) atoms. The van der Waals surface area contributed by atoms with Crippen LogP contribution in [-0.2, 0) is 23.7 Å². The largest absolute Gasteiger partial charge is 0.393 e. The van der Waals surface area contributed by atoms with Gasteiger partial charge in [-0.1, -0.05) is 39.8 Å². The van der Waals surface area contributed by atoms with Gasteiger partial charge in [0.1, 0.15) is 36.6 Å². The van der Waals surface area contributed by atoms with Crippen molar-refractivity contribution in [2.75, 3.05) is 26.9 Å². The van der Waals surface area contributed by atoms with Crippen LogP contribution in [0.1, 0.15) is 79.1 Å². The molecule has 0 amide bonds. The van der Waals surface area contributed by atoms with Crippen molar-refractivity contribution in [3.05, 3.63) is 12.2 Å². The molecule has 6 fully saturated rings. The summed E-state index contributed by atoms with van der Waals surface area (Å²) in [5.74, 6) is -0.926. The second-order valence-corrected chi connectivity index (χ2v) is 18.1. The van der Waals surface area contributed by atoms with Crippen molar-refractivity contribution < 1.29 is 69.6 Å². The molecule has 2 aliphatic heterocycles. The molecule has 0 aromatic rings. The Hall–Kier alpha value is -0.820. The summed E-state index contributed by atoms with van der Waals surface area (Å²) in [4.78, 5) is 0. The fourth-order valence-electron chi connectivity index (χ4n) is 12.1. The molecule has 4 saturated carbocycles. The van der Waals surface area contributed by atoms with E-state index in [1.54, 1.807) is 0 Å². The molecule has 0 aromatic heterocycles. The lowest BCUT2D eigenvalue weighted by atomic mass is 9.41. The number of rotatable bonds is 11. The van der Waals surface area contributed by atoms with Gasteiger partial charge in [-0.25, -0.2) is 0 Å². The third-order valence-corrected chi connectivity index (χ3v) is 15.0. The van der Waals surface area contributed by atoms with Crippen LogP contribution >= 0.6 is 0 Å². The van der Waals surface area contributed by atoms with Crippen LogP contribution < -0.4 is 0 Å². The summed E-state index contributed by atoms with van der Waals surface area (Å²) in [5.41, 5.74) is -1.25. The lowest BCUT2D eigenvalue weighted by molar-refractivity contribution is -0.346. The lowest BCUT2D eigenvalue weighted by Gasteiger charge is -2.66. The molecule has 21 atom stereocenters. The van der Waals surface area contributed by atoms with Crippen molar-refractivity contribution >= 4 is 0 Å². The van der Waals surface area contributed by atoms with Crippen LogP contribution in [0.3, 0.4) is 0 Å². The maximum absolute atomic E-state index is 12.6. The van der Waals surface area contributed by atoms with Gasteiger partial charge < -0.3 is 69.6 Å². The van der Waals surface area contributed by atoms with Crippen molar-refractivity contribution in [3.63, 3.8) is 0 Å². The van der Waals surface area contributed by atoms with Gasteiger partial charge in [0.15, 0.2) is 12.6 Å². The van der Waals surface area contributed by atoms with Crippen molar-refractivity contribution in [1.82, 2.24) is 0 Å². The molecule has 6 aliphatic rings. The number of aliphatic hydroxyl groups excluding tert-OH is 8. The van der Waals surface area contributed by atoms with E-state index in [1.165, 1.54) is 7.11 Å². The molecule has 14 heteroatoms. The summed E-state index contributed by atoms with van der Waals surface area (Å²) in [5, 5.41) is 98.5. The second kappa shape index (κ2) is 15.8. The molecular weight excluding hydrogens is 692 g/mol. The minimum Gasteiger partial charge on any atom is -0.393 e. The maximum atomic E-state index is 12.6. The first-order valence-corrected chi connectivity index (χ1v) is 19.8. The Kier molecular flexibility index (Phi) is 12.5. The number of hydrogen-bond acceptors (Lipinski definition) is 14. The normalized spacial score (nSPS) is 52.6. The first-order valence-electron chi connectivity index (χ1n) is 19.8. The topological polar surface area (TPSA) is 228 Å². The molecule has 0 spiro atoms. The number of ether oxygens (including phenoxy) is 5. The Morgan fingerprint density at radius 3 is 2.08 bits per heavy atom. The molecular formula is C39H66O14. The van der Waals surface area contributed by atoms with Gasteiger partial charge >= 0.3 is 0 Å². The minimum absolute atomic E-state index is 0.0761. The quantitative estimate of drug-likeness (QED) is 0.129. The third kappa shape index (κ3) is 7.30. The van der Waals surface area contributed by atoms with Crippen LogP contribution in [0, 0.1) is 46.3 Å². The van der Waals surface area contributed by atoms with E-state index in [4.69, 9.17) is 23.7 Å². The fourth-order valence-corrected chi connectivity index (χ4v) is 12.1. The zero-order chi connectivity index (χ0) is 38.8. The maximum Gasteiger partial charge on any atom is 0.187 e. The van der Waals surface area contributed by atoms with Crippen molar-refractivity contribution in [2.45, 2.75) is 158 Å². The van der Waals surface area contributed by atoms with Crippen molar-refractivity contribution in [2.24, 2.45) is 46.3 Å². The Morgan fingerprint density at radius 1 is 0.792 bits per heavy atom. The molecule has 0 aromatic carbocycles. The van der Waals surface area contributed by atoms with Gasteiger partial charge in [-0.05, 0) is 73.5 Å². The lowest BCUT2D eigenvalue weighted by Crippen LogP contribution is -2.70. The third-order valence-electron chi connectivity index (χ3n) is 15.0. The van der Waals surface area contributed by atoms with E-state index < -0.39 is 96.5 Å². The van der Waals surface area contributed by atoms with E-state index in [0.29, 0.717) is 25.7 Å². The van der Waals surface area contributed by atoms with E-state index in [9.17, 15) is 46.0 Å². The van der Waals surface area contributed by atoms with Crippen LogP contribution in [0.15, 0.2) is 12.2 Å². The SMILES string of the molecule is C=C(CC[C@@H](C)[C@H]1C[C@@H](O)[C@@H]2[C@]1(C)CC[C@H]1[C@@]2(O)C[C@H](O)C2[C@@H](O)[C@@H](O)CC[C@@]21C)C(C)CO[C@@H]1OC[C@@H](O)[C@H](O)[C@H]1O[C@@H]1OC[C@@H](O)[C@H](O)[C@H]1OC. The fraction of sp³-hybridized carbons (Fsp3) is 0.949. The van der Waals surface area contributed by atoms with E-state index >= 15 is 0 Å². The number of hydrogen-bond donors (Lipinski definition) is 9. The average molecular weight is 759 g/mol. The van der Waals surface area contributed by atoms with Gasteiger partial charge in [-0.3, -0.25) is 0 Å². The van der Waals surface area contributed by atoms with Crippen molar-refractivity contribution in [3.8, 4) is 0 Å². The Morgan fingerprint density at radius 2 is 1.42 bits per heavy atom. The molecule has 306 valence electrons. The molecule has 14 nitrogen and oxygen atoms in total. The van der Waals surface area contributed by atoms with Gasteiger partial charge in [0, 0.05) is 31.3 Å². The average Bonchev–Trinajstić information content (AvgIpc) is 3.39. The highest BCUT2D eigenvalue weighted by Gasteiger charge is 2.71. The predicted molar refractivity (Wildman–Crippen MR) is 189 cm³/mol. The summed E-state index contributed by atoms with van der Waals surface area (Å²) >= 11 is 0. The van der Waals surface area contributed by atoms with Crippen LogP contribution in [-0.4, -0.2) is 152 Å². The highest BCUT2D eigenvalue weighted by Crippen LogP contribution is 2.69. The first-order chi connectivity index (χ1) is 24.9. The predicted octanol–water partition coefficient (Wildman–Crippen LogP) is 0.215. The zero-order valence-electron chi connectivity index (χ0n) is 31.9. The standard InChI is InChI=1S/C39H66O14/c1-18(20(3)15-50-35-33(31(47)26(44)16-51-35)53-36-32(49-6)30(46)25(43)17-52-36)7-8-19(2)21-13-23(41)34-37(21,4)12-10-27-38(5)11-9-22(40)29(45)28(38)24(42)14-39(27,34)48/h19-36,40-48H,1,7-17H2,2-6H3/t19-,20?,21-,22+,23-,24+,25-,26-,27-,28?,29+,30+,31+,32-,33-,34-,35-,36+,37-,38-,39+/m1/s1. The summed E-state index contributed by atoms with van der Waals surface area (Å²) in [6.07, 6.45) is -8.46. The minimum atomic E-state index is -1.37. The smallest absolute Gasteiger partial charge is 0.187 e. The monoisotopic (exact) mass is 758 g/mol. The Labute approximate surface area is 313 Å². The molecule has 0 bridgehead atoms. The van der Waals surface area contributed by atoms with Gasteiger partial charge in [-0.15, -0.1) is 0 Å². The molecule has 2 saturated heterocycles. The first kappa shape index (κ1) is 41.8. The van der Waals surface area contributed by atoms with Gasteiger partial charge in [0.2, 0.25) is 0 Å². The summed E-state index contributed by atoms with van der Waals surface area (Å²) in [7, 11) is 1.34. The number of fused-ring (bicyclic) bond motifs is 5. The van der Waals surface area contributed by atoms with Crippen LogP contribution in [0.4, 0.5) is 0 Å².